The first-order valence-corrected chi connectivity index (χ1v) is 11.4. The zero-order chi connectivity index (χ0) is 21.8. The summed E-state index contributed by atoms with van der Waals surface area (Å²) in [6, 6.07) is 5.37. The van der Waals surface area contributed by atoms with E-state index in [0.29, 0.717) is 52.6 Å². The lowest BCUT2D eigenvalue weighted by Gasteiger charge is -2.18. The van der Waals surface area contributed by atoms with E-state index in [4.69, 9.17) is 21.7 Å². The van der Waals surface area contributed by atoms with E-state index in [1.807, 2.05) is 6.07 Å². The number of amides is 1. The predicted octanol–water partition coefficient (Wildman–Crippen LogP) is 2.52. The van der Waals surface area contributed by atoms with Crippen LogP contribution in [0.25, 0.3) is 11.7 Å². The highest BCUT2D eigenvalue weighted by atomic mass is 32.2. The molecule has 0 spiro atoms. The Morgan fingerprint density at radius 2 is 2.29 bits per heavy atom. The molecule has 8 nitrogen and oxygen atoms in total. The Balaban J connectivity index is 1.66. The van der Waals surface area contributed by atoms with Gasteiger partial charge in [0.15, 0.2) is 0 Å². The van der Waals surface area contributed by atoms with Crippen LogP contribution in [-0.2, 0) is 14.3 Å². The van der Waals surface area contributed by atoms with Gasteiger partial charge >= 0.3 is 0 Å². The normalized spacial score (nSPS) is 20.4. The van der Waals surface area contributed by atoms with Crippen LogP contribution in [0.15, 0.2) is 34.1 Å². The van der Waals surface area contributed by atoms with E-state index in [1.165, 1.54) is 16.2 Å². The van der Waals surface area contributed by atoms with Crippen LogP contribution in [0.3, 0.4) is 0 Å². The molecule has 2 aliphatic heterocycles. The number of carbonyl (C=O) groups is 1. The Bertz CT molecular complexity index is 1080. The molecule has 2 saturated heterocycles. The van der Waals surface area contributed by atoms with Gasteiger partial charge in [-0.25, -0.2) is 4.98 Å². The summed E-state index contributed by atoms with van der Waals surface area (Å²) in [5.74, 6) is 0.241. The number of thioether (sulfide) groups is 1. The molecule has 2 fully saturated rings. The van der Waals surface area contributed by atoms with Gasteiger partial charge in [-0.1, -0.05) is 30.0 Å². The van der Waals surface area contributed by atoms with Gasteiger partial charge in [0.1, 0.15) is 15.8 Å². The Labute approximate surface area is 189 Å². The Hall–Kier alpha value is -2.27. The first kappa shape index (κ1) is 21.9. The summed E-state index contributed by atoms with van der Waals surface area (Å²) in [4.78, 5) is 32.8. The largest absolute Gasteiger partial charge is 0.385 e. The highest BCUT2D eigenvalue weighted by molar-refractivity contribution is 8.26. The first-order chi connectivity index (χ1) is 15.1. The molecule has 0 radical (unpaired) electrons. The van der Waals surface area contributed by atoms with Crippen molar-refractivity contribution in [3.05, 3.63) is 45.2 Å². The average molecular weight is 461 g/mol. The highest BCUT2D eigenvalue weighted by Gasteiger charge is 2.35. The van der Waals surface area contributed by atoms with Gasteiger partial charge in [0.05, 0.1) is 23.1 Å². The third-order valence-corrected chi connectivity index (χ3v) is 6.52. The third-order valence-electron chi connectivity index (χ3n) is 5.15. The molecule has 0 unspecified atom stereocenters. The number of hydrogen-bond donors (Lipinski definition) is 1. The van der Waals surface area contributed by atoms with Gasteiger partial charge in [-0.05, 0) is 37.5 Å². The van der Waals surface area contributed by atoms with Crippen LogP contribution in [0.2, 0.25) is 0 Å². The Morgan fingerprint density at radius 1 is 1.42 bits per heavy atom. The van der Waals surface area contributed by atoms with Crippen molar-refractivity contribution in [2.24, 2.45) is 0 Å². The lowest BCUT2D eigenvalue weighted by molar-refractivity contribution is -0.123. The third kappa shape index (κ3) is 4.82. The van der Waals surface area contributed by atoms with E-state index in [9.17, 15) is 9.59 Å². The molecule has 2 aliphatic rings. The van der Waals surface area contributed by atoms with Crippen molar-refractivity contribution in [2.75, 3.05) is 38.7 Å². The van der Waals surface area contributed by atoms with Crippen LogP contribution >= 0.6 is 24.0 Å². The summed E-state index contributed by atoms with van der Waals surface area (Å²) < 4.78 is 12.7. The fraction of sp³-hybridized carbons (Fsp3) is 0.429. The molecule has 2 aromatic rings. The number of anilines is 1. The number of methoxy groups -OCH3 is 1. The Kier molecular flexibility index (Phi) is 7.01. The number of thiocarbonyl (C=S) groups is 1. The van der Waals surface area contributed by atoms with E-state index in [0.717, 1.165) is 19.3 Å². The minimum Gasteiger partial charge on any atom is -0.385 e. The van der Waals surface area contributed by atoms with Crippen LogP contribution in [0.1, 0.15) is 24.8 Å². The van der Waals surface area contributed by atoms with Crippen molar-refractivity contribution in [2.45, 2.75) is 25.4 Å². The fourth-order valence-electron chi connectivity index (χ4n) is 3.57. The quantitative estimate of drug-likeness (QED) is 0.366. The number of ether oxygens (including phenoxy) is 2. The molecular weight excluding hydrogens is 436 g/mol. The molecule has 4 heterocycles. The Morgan fingerprint density at radius 3 is 3.06 bits per heavy atom. The second-order valence-corrected chi connectivity index (χ2v) is 8.98. The summed E-state index contributed by atoms with van der Waals surface area (Å²) in [7, 11) is 1.64. The van der Waals surface area contributed by atoms with E-state index in [-0.39, 0.29) is 17.6 Å². The van der Waals surface area contributed by atoms with E-state index < -0.39 is 0 Å². The van der Waals surface area contributed by atoms with Gasteiger partial charge in [0.25, 0.3) is 11.5 Å². The summed E-state index contributed by atoms with van der Waals surface area (Å²) >= 11 is 6.63. The number of nitrogens with zero attached hydrogens (tertiary/aromatic N) is 3. The van der Waals surface area contributed by atoms with E-state index in [1.54, 1.807) is 36.4 Å². The van der Waals surface area contributed by atoms with E-state index in [2.05, 4.69) is 10.3 Å². The molecule has 164 valence electrons. The van der Waals surface area contributed by atoms with Gasteiger partial charge < -0.3 is 14.8 Å². The van der Waals surface area contributed by atoms with Crippen molar-refractivity contribution in [3.8, 4) is 0 Å². The van der Waals surface area contributed by atoms with Gasteiger partial charge in [-0.15, -0.1) is 0 Å². The van der Waals surface area contributed by atoms with Crippen LogP contribution < -0.4 is 10.9 Å². The van der Waals surface area contributed by atoms with Crippen molar-refractivity contribution >= 4 is 51.7 Å². The molecule has 0 aliphatic carbocycles. The zero-order valence-corrected chi connectivity index (χ0v) is 18.8. The number of nitrogens with one attached hydrogen (secondary N) is 1. The first-order valence-electron chi connectivity index (χ1n) is 10.2. The molecule has 4 rings (SSSR count). The minimum absolute atomic E-state index is 0.00724. The number of aromatic nitrogens is 2. The monoisotopic (exact) mass is 460 g/mol. The molecule has 31 heavy (non-hydrogen) atoms. The van der Waals surface area contributed by atoms with Crippen LogP contribution in [0.5, 0.6) is 0 Å². The van der Waals surface area contributed by atoms with Crippen LogP contribution in [-0.4, -0.2) is 64.0 Å². The summed E-state index contributed by atoms with van der Waals surface area (Å²) in [6.45, 7) is 2.34. The predicted molar refractivity (Wildman–Crippen MR) is 125 cm³/mol. The number of hydrogen-bond acceptors (Lipinski definition) is 8. The second kappa shape index (κ2) is 9.90. The van der Waals surface area contributed by atoms with Crippen molar-refractivity contribution in [1.82, 2.24) is 14.3 Å². The summed E-state index contributed by atoms with van der Waals surface area (Å²) in [6.07, 6.45) is 5.94. The van der Waals surface area contributed by atoms with Crippen molar-refractivity contribution in [3.63, 3.8) is 0 Å². The molecule has 1 amide bonds. The highest BCUT2D eigenvalue weighted by Crippen LogP contribution is 2.34. The number of fused-ring (bicyclic) bond motifs is 1. The van der Waals surface area contributed by atoms with Crippen molar-refractivity contribution < 1.29 is 14.3 Å². The van der Waals surface area contributed by atoms with Gasteiger partial charge in [0.2, 0.25) is 0 Å². The molecule has 0 bridgehead atoms. The lowest BCUT2D eigenvalue weighted by Crippen LogP contribution is -2.35. The SMILES string of the molecule is COCCCNc1nc2ccccn2c(=O)c1/C=C1\SC(=S)N(C[C@@H]2CCCO2)C1=O. The number of carbonyl (C=O) groups excluding carboxylic acids is 1. The van der Waals surface area contributed by atoms with Crippen LogP contribution in [0, 0.1) is 0 Å². The topological polar surface area (TPSA) is 85.2 Å². The van der Waals surface area contributed by atoms with Crippen molar-refractivity contribution in [1.29, 1.82) is 0 Å². The van der Waals surface area contributed by atoms with E-state index >= 15 is 0 Å². The zero-order valence-electron chi connectivity index (χ0n) is 17.2. The minimum atomic E-state index is -0.246. The average Bonchev–Trinajstić information content (AvgIpc) is 3.38. The number of rotatable bonds is 8. The molecule has 0 aromatic carbocycles. The maximum atomic E-state index is 13.2. The smallest absolute Gasteiger partial charge is 0.267 e. The standard InChI is InChI=1S/C21H24N4O4S2/c1-28-10-5-8-22-18-15(19(26)24-9-3-2-7-17(24)23-18)12-16-20(27)25(21(30)31-16)13-14-6-4-11-29-14/h2-3,7,9,12,14,22H,4-6,8,10-11,13H2,1H3/b16-12-/t14-/m0/s1. The maximum Gasteiger partial charge on any atom is 0.267 e. The fourth-order valence-corrected chi connectivity index (χ4v) is 4.83. The van der Waals surface area contributed by atoms with Gasteiger partial charge in [-0.3, -0.25) is 18.9 Å². The molecule has 1 N–H and O–H groups in total. The molecule has 10 heteroatoms. The summed E-state index contributed by atoms with van der Waals surface area (Å²) in [5.41, 5.74) is 0.618. The van der Waals surface area contributed by atoms with Gasteiger partial charge in [0, 0.05) is 33.1 Å². The molecular formula is C21H24N4O4S2. The molecule has 1 atom stereocenters. The lowest BCUT2D eigenvalue weighted by atomic mass is 10.2. The number of pyridine rings is 1. The molecule has 2 aromatic heterocycles. The molecule has 0 saturated carbocycles. The second-order valence-electron chi connectivity index (χ2n) is 7.31. The van der Waals surface area contributed by atoms with Crippen LogP contribution in [0.4, 0.5) is 5.82 Å². The maximum absolute atomic E-state index is 13.2. The summed E-state index contributed by atoms with van der Waals surface area (Å²) in [5, 5.41) is 3.21. The van der Waals surface area contributed by atoms with Gasteiger partial charge in [-0.2, -0.15) is 0 Å².